The van der Waals surface area contributed by atoms with Crippen LogP contribution in [0.1, 0.15) is 25.0 Å². The van der Waals surface area contributed by atoms with Crippen molar-refractivity contribution in [2.24, 2.45) is 0 Å². The molecule has 2 amide bonds. The Bertz CT molecular complexity index is 655. The number of hydrogen-bond donors (Lipinski definition) is 1. The highest BCUT2D eigenvalue weighted by atomic mass is 32.1. The number of piperidine rings is 1. The van der Waals surface area contributed by atoms with Crippen molar-refractivity contribution in [3.8, 4) is 0 Å². The van der Waals surface area contributed by atoms with Gasteiger partial charge in [-0.15, -0.1) is 11.3 Å². The van der Waals surface area contributed by atoms with Gasteiger partial charge in [0.25, 0.3) is 0 Å². The highest BCUT2D eigenvalue weighted by molar-refractivity contribution is 7.13. The van der Waals surface area contributed by atoms with Crippen molar-refractivity contribution in [2.45, 2.75) is 31.3 Å². The standard InChI is InChI=1S/C17H27N5O3S/c1-20(2)9-10-22-12-17(25-16(22)24)5-7-21(8-6-17)14(23)4-3-13-11-26-15(18)19-13/h11H,3-10,12H2,1-2H3,(H2,18,19). The number of aryl methyl sites for hydroxylation is 1. The average molecular weight is 382 g/mol. The molecule has 2 aliphatic heterocycles. The molecule has 2 N–H and O–H groups in total. The number of carbonyl (C=O) groups is 2. The molecule has 0 aliphatic carbocycles. The van der Waals surface area contributed by atoms with Crippen LogP contribution >= 0.6 is 11.3 Å². The first-order valence-corrected chi connectivity index (χ1v) is 9.85. The van der Waals surface area contributed by atoms with Crippen molar-refractivity contribution < 1.29 is 14.3 Å². The van der Waals surface area contributed by atoms with Gasteiger partial charge in [0, 0.05) is 50.8 Å². The van der Waals surface area contributed by atoms with E-state index in [1.807, 2.05) is 24.4 Å². The number of amides is 2. The van der Waals surface area contributed by atoms with Crippen molar-refractivity contribution in [1.82, 2.24) is 19.7 Å². The first-order chi connectivity index (χ1) is 12.4. The average Bonchev–Trinajstić information content (AvgIpc) is 3.15. The summed E-state index contributed by atoms with van der Waals surface area (Å²) in [5, 5.41) is 2.43. The zero-order valence-electron chi connectivity index (χ0n) is 15.4. The van der Waals surface area contributed by atoms with Crippen LogP contribution in [-0.2, 0) is 16.0 Å². The summed E-state index contributed by atoms with van der Waals surface area (Å²) in [5.74, 6) is 0.125. The summed E-state index contributed by atoms with van der Waals surface area (Å²) in [4.78, 5) is 34.5. The van der Waals surface area contributed by atoms with Crippen molar-refractivity contribution in [1.29, 1.82) is 0 Å². The van der Waals surface area contributed by atoms with Gasteiger partial charge in [0.05, 0.1) is 12.2 Å². The van der Waals surface area contributed by atoms with E-state index in [-0.39, 0.29) is 12.0 Å². The van der Waals surface area contributed by atoms with E-state index in [1.54, 1.807) is 4.90 Å². The van der Waals surface area contributed by atoms with E-state index in [1.165, 1.54) is 11.3 Å². The number of nitrogens with two attached hydrogens (primary N) is 1. The number of anilines is 1. The maximum Gasteiger partial charge on any atom is 0.410 e. The number of nitrogens with zero attached hydrogens (tertiary/aromatic N) is 4. The minimum absolute atomic E-state index is 0.125. The van der Waals surface area contributed by atoms with Crippen LogP contribution in [0.4, 0.5) is 9.93 Å². The van der Waals surface area contributed by atoms with Gasteiger partial charge in [0.2, 0.25) is 5.91 Å². The highest BCUT2D eigenvalue weighted by Crippen LogP contribution is 2.33. The van der Waals surface area contributed by atoms with Crippen LogP contribution in [0.2, 0.25) is 0 Å². The van der Waals surface area contributed by atoms with E-state index >= 15 is 0 Å². The minimum Gasteiger partial charge on any atom is -0.441 e. The first kappa shape index (κ1) is 18.9. The Morgan fingerprint density at radius 1 is 1.42 bits per heavy atom. The van der Waals surface area contributed by atoms with Gasteiger partial charge in [-0.1, -0.05) is 0 Å². The Balaban J connectivity index is 1.46. The van der Waals surface area contributed by atoms with Crippen molar-refractivity contribution in [2.75, 3.05) is 52.6 Å². The van der Waals surface area contributed by atoms with Crippen LogP contribution in [-0.4, -0.2) is 84.1 Å². The molecule has 0 atom stereocenters. The predicted octanol–water partition coefficient (Wildman–Crippen LogP) is 1.03. The SMILES string of the molecule is CN(C)CCN1CC2(CCN(C(=O)CCc3csc(N)n3)CC2)OC1=O. The molecule has 0 bridgehead atoms. The van der Waals surface area contributed by atoms with Gasteiger partial charge >= 0.3 is 6.09 Å². The van der Waals surface area contributed by atoms with Crippen LogP contribution in [0.15, 0.2) is 5.38 Å². The maximum atomic E-state index is 12.4. The molecule has 2 saturated heterocycles. The lowest BCUT2D eigenvalue weighted by molar-refractivity contribution is -0.134. The fourth-order valence-electron chi connectivity index (χ4n) is 3.44. The van der Waals surface area contributed by atoms with Gasteiger partial charge in [0.15, 0.2) is 5.13 Å². The van der Waals surface area contributed by atoms with E-state index < -0.39 is 5.60 Å². The summed E-state index contributed by atoms with van der Waals surface area (Å²) in [6, 6.07) is 0. The molecule has 1 aromatic heterocycles. The Labute approximate surface area is 157 Å². The fraction of sp³-hybridized carbons (Fsp3) is 0.706. The minimum atomic E-state index is -0.427. The molecule has 0 radical (unpaired) electrons. The van der Waals surface area contributed by atoms with Gasteiger partial charge < -0.3 is 25.2 Å². The second kappa shape index (κ2) is 7.79. The number of carbonyl (C=O) groups excluding carboxylic acids is 2. The van der Waals surface area contributed by atoms with Crippen molar-refractivity contribution in [3.63, 3.8) is 0 Å². The monoisotopic (exact) mass is 381 g/mol. The van der Waals surface area contributed by atoms with Gasteiger partial charge in [0.1, 0.15) is 5.60 Å². The number of ether oxygens (including phenoxy) is 1. The lowest BCUT2D eigenvalue weighted by Crippen LogP contribution is -2.49. The van der Waals surface area contributed by atoms with Crippen LogP contribution in [0.25, 0.3) is 0 Å². The summed E-state index contributed by atoms with van der Waals surface area (Å²) < 4.78 is 5.70. The smallest absolute Gasteiger partial charge is 0.410 e. The quantitative estimate of drug-likeness (QED) is 0.791. The lowest BCUT2D eigenvalue weighted by Gasteiger charge is -2.37. The Hall–Kier alpha value is -1.87. The van der Waals surface area contributed by atoms with Crippen molar-refractivity contribution in [3.05, 3.63) is 11.1 Å². The topological polar surface area (TPSA) is 92.0 Å². The molecule has 3 heterocycles. The van der Waals surface area contributed by atoms with E-state index in [0.717, 1.165) is 12.2 Å². The molecule has 2 aliphatic rings. The van der Waals surface area contributed by atoms with Crippen molar-refractivity contribution >= 4 is 28.5 Å². The van der Waals surface area contributed by atoms with Gasteiger partial charge in [-0.05, 0) is 20.5 Å². The molecular weight excluding hydrogens is 354 g/mol. The number of likely N-dealkylation sites (tertiary alicyclic amines) is 1. The van der Waals surface area contributed by atoms with Crippen LogP contribution < -0.4 is 5.73 Å². The molecule has 0 unspecified atom stereocenters. The second-order valence-corrected chi connectivity index (χ2v) is 8.22. The third-order valence-corrected chi connectivity index (χ3v) is 5.77. The van der Waals surface area contributed by atoms with Crippen LogP contribution in [0.3, 0.4) is 0 Å². The maximum absolute atomic E-state index is 12.4. The van der Waals surface area contributed by atoms with Gasteiger partial charge in [-0.2, -0.15) is 0 Å². The van der Waals surface area contributed by atoms with Crippen LogP contribution in [0, 0.1) is 0 Å². The van der Waals surface area contributed by atoms with E-state index in [4.69, 9.17) is 10.5 Å². The number of likely N-dealkylation sites (N-methyl/N-ethyl adjacent to an activating group) is 1. The highest BCUT2D eigenvalue weighted by Gasteiger charge is 2.47. The molecule has 2 fully saturated rings. The zero-order chi connectivity index (χ0) is 18.7. The van der Waals surface area contributed by atoms with E-state index in [0.29, 0.717) is 57.0 Å². The number of rotatable bonds is 6. The molecule has 1 spiro atoms. The number of hydrogen-bond acceptors (Lipinski definition) is 7. The molecule has 8 nitrogen and oxygen atoms in total. The summed E-state index contributed by atoms with van der Waals surface area (Å²) in [7, 11) is 3.97. The zero-order valence-corrected chi connectivity index (χ0v) is 16.3. The fourth-order valence-corrected chi connectivity index (χ4v) is 4.04. The third-order valence-electron chi connectivity index (χ3n) is 5.05. The number of nitrogen functional groups attached to an aromatic ring is 1. The molecule has 9 heteroatoms. The van der Waals surface area contributed by atoms with Gasteiger partial charge in [-0.3, -0.25) is 4.79 Å². The van der Waals surface area contributed by atoms with E-state index in [2.05, 4.69) is 9.88 Å². The molecule has 3 rings (SSSR count). The summed E-state index contributed by atoms with van der Waals surface area (Å²) >= 11 is 1.40. The Morgan fingerprint density at radius 3 is 2.77 bits per heavy atom. The largest absolute Gasteiger partial charge is 0.441 e. The summed E-state index contributed by atoms with van der Waals surface area (Å²) in [5.41, 5.74) is 6.06. The van der Waals surface area contributed by atoms with Crippen LogP contribution in [0.5, 0.6) is 0 Å². The third kappa shape index (κ3) is 4.45. The van der Waals surface area contributed by atoms with Gasteiger partial charge in [-0.25, -0.2) is 9.78 Å². The Morgan fingerprint density at radius 2 is 2.15 bits per heavy atom. The number of thiazole rings is 1. The molecule has 144 valence electrons. The summed E-state index contributed by atoms with van der Waals surface area (Å²) in [6.07, 6.45) is 2.22. The summed E-state index contributed by atoms with van der Waals surface area (Å²) in [6.45, 7) is 3.38. The Kier molecular flexibility index (Phi) is 5.67. The molecule has 26 heavy (non-hydrogen) atoms. The first-order valence-electron chi connectivity index (χ1n) is 8.97. The molecule has 1 aromatic rings. The number of aromatic nitrogens is 1. The van der Waals surface area contributed by atoms with E-state index in [9.17, 15) is 9.59 Å². The molecule has 0 aromatic carbocycles. The predicted molar refractivity (Wildman–Crippen MR) is 100 cm³/mol. The second-order valence-electron chi connectivity index (χ2n) is 7.33. The normalized spacial score (nSPS) is 19.4. The molecule has 0 saturated carbocycles. The lowest BCUT2D eigenvalue weighted by atomic mass is 9.91. The molecular formula is C17H27N5O3S.